The van der Waals surface area contributed by atoms with E-state index in [0.717, 1.165) is 11.1 Å². The number of benzene rings is 1. The van der Waals surface area contributed by atoms with Crippen LogP contribution in [0.2, 0.25) is 0 Å². The lowest BCUT2D eigenvalue weighted by Gasteiger charge is -2.05. The van der Waals surface area contributed by atoms with Crippen LogP contribution < -0.4 is 0 Å². The van der Waals surface area contributed by atoms with E-state index < -0.39 is 0 Å². The molecule has 1 aromatic carbocycles. The molecule has 0 fully saturated rings. The molecule has 0 bridgehead atoms. The highest BCUT2D eigenvalue weighted by molar-refractivity contribution is 6.30. The number of carbonyl (C=O) groups excluding carboxylic acids is 1. The first-order valence-corrected chi connectivity index (χ1v) is 4.74. The molecule has 0 unspecified atom stereocenters. The molecule has 0 aliphatic rings. The van der Waals surface area contributed by atoms with E-state index in [4.69, 9.17) is 16.9 Å². The van der Waals surface area contributed by atoms with Crippen molar-refractivity contribution in [1.82, 2.24) is 0 Å². The average Bonchev–Trinajstić information content (AvgIpc) is 2.15. The summed E-state index contributed by atoms with van der Waals surface area (Å²) in [5, 5.41) is 8.89. The van der Waals surface area contributed by atoms with Crippen molar-refractivity contribution in [2.24, 2.45) is 0 Å². The van der Waals surface area contributed by atoms with E-state index in [9.17, 15) is 4.79 Å². The second-order valence-corrected chi connectivity index (χ2v) is 3.44. The molecular formula is C11H10ClNO. The number of ketones is 1. The van der Waals surface area contributed by atoms with Gasteiger partial charge >= 0.3 is 0 Å². The SMILES string of the molecule is Cc1cc(C)c(C#N)c(C(=O)CCl)c1. The molecule has 3 heteroatoms. The van der Waals surface area contributed by atoms with Crippen molar-refractivity contribution in [2.45, 2.75) is 13.8 Å². The summed E-state index contributed by atoms with van der Waals surface area (Å²) < 4.78 is 0. The minimum absolute atomic E-state index is 0.0857. The van der Waals surface area contributed by atoms with Crippen LogP contribution in [0, 0.1) is 25.2 Å². The zero-order chi connectivity index (χ0) is 10.7. The predicted octanol–water partition coefficient (Wildman–Crippen LogP) is 2.60. The van der Waals surface area contributed by atoms with E-state index in [1.54, 1.807) is 6.07 Å². The summed E-state index contributed by atoms with van der Waals surface area (Å²) in [6, 6.07) is 5.61. The number of carbonyl (C=O) groups is 1. The van der Waals surface area contributed by atoms with Crippen LogP contribution in [0.5, 0.6) is 0 Å². The number of halogens is 1. The molecule has 14 heavy (non-hydrogen) atoms. The Labute approximate surface area is 88.1 Å². The maximum Gasteiger partial charge on any atom is 0.178 e. The molecule has 0 atom stereocenters. The Kier molecular flexibility index (Phi) is 3.27. The number of hydrogen-bond acceptors (Lipinski definition) is 2. The van der Waals surface area contributed by atoms with Crippen LogP contribution in [0.25, 0.3) is 0 Å². The molecule has 0 aliphatic carbocycles. The quantitative estimate of drug-likeness (QED) is 0.553. The van der Waals surface area contributed by atoms with Crippen molar-refractivity contribution in [1.29, 1.82) is 5.26 Å². The van der Waals surface area contributed by atoms with Gasteiger partial charge in [-0.15, -0.1) is 11.6 Å². The highest BCUT2D eigenvalue weighted by atomic mass is 35.5. The van der Waals surface area contributed by atoms with Crippen LogP contribution in [-0.2, 0) is 0 Å². The maximum absolute atomic E-state index is 11.4. The first kappa shape index (κ1) is 10.7. The summed E-state index contributed by atoms with van der Waals surface area (Å²) in [6.07, 6.45) is 0. The Morgan fingerprint density at radius 3 is 2.64 bits per heavy atom. The zero-order valence-corrected chi connectivity index (χ0v) is 8.85. The van der Waals surface area contributed by atoms with E-state index in [1.807, 2.05) is 26.0 Å². The largest absolute Gasteiger partial charge is 0.293 e. The van der Waals surface area contributed by atoms with Crippen LogP contribution in [0.15, 0.2) is 12.1 Å². The van der Waals surface area contributed by atoms with Crippen LogP contribution in [0.3, 0.4) is 0 Å². The summed E-state index contributed by atoms with van der Waals surface area (Å²) in [5.74, 6) is -0.285. The van der Waals surface area contributed by atoms with Crippen LogP contribution in [-0.4, -0.2) is 11.7 Å². The third-order valence-electron chi connectivity index (χ3n) is 2.01. The third kappa shape index (κ3) is 1.94. The molecule has 0 aromatic heterocycles. The lowest BCUT2D eigenvalue weighted by Crippen LogP contribution is -2.05. The summed E-state index contributed by atoms with van der Waals surface area (Å²) in [7, 11) is 0. The Morgan fingerprint density at radius 2 is 2.14 bits per heavy atom. The van der Waals surface area contributed by atoms with Crippen LogP contribution >= 0.6 is 11.6 Å². The van der Waals surface area contributed by atoms with E-state index in [0.29, 0.717) is 11.1 Å². The van der Waals surface area contributed by atoms with E-state index in [-0.39, 0.29) is 11.7 Å². The standard InChI is InChI=1S/C11H10ClNO/c1-7-3-8(2)10(6-13)9(4-7)11(14)5-12/h3-4H,5H2,1-2H3. The van der Waals surface area contributed by atoms with Gasteiger partial charge in [0.1, 0.15) is 6.07 Å². The molecule has 72 valence electrons. The fraction of sp³-hybridized carbons (Fsp3) is 0.273. The smallest absolute Gasteiger partial charge is 0.178 e. The number of nitrogens with zero attached hydrogens (tertiary/aromatic N) is 1. The van der Waals surface area contributed by atoms with Gasteiger partial charge in [0, 0.05) is 5.56 Å². The number of hydrogen-bond donors (Lipinski definition) is 0. The fourth-order valence-corrected chi connectivity index (χ4v) is 1.55. The van der Waals surface area contributed by atoms with Gasteiger partial charge in [0.15, 0.2) is 5.78 Å². The first-order valence-electron chi connectivity index (χ1n) is 4.20. The van der Waals surface area contributed by atoms with Gasteiger partial charge in [-0.1, -0.05) is 11.6 Å². The number of rotatable bonds is 2. The van der Waals surface area contributed by atoms with Crippen LogP contribution in [0.4, 0.5) is 0 Å². The Hall–Kier alpha value is -1.33. The van der Waals surface area contributed by atoms with Crippen molar-refractivity contribution in [3.05, 3.63) is 34.4 Å². The van der Waals surface area contributed by atoms with Gasteiger partial charge in [0.05, 0.1) is 11.4 Å². The first-order chi connectivity index (χ1) is 6.60. The van der Waals surface area contributed by atoms with Gasteiger partial charge in [0.2, 0.25) is 0 Å². The second-order valence-electron chi connectivity index (χ2n) is 3.17. The highest BCUT2D eigenvalue weighted by Crippen LogP contribution is 2.17. The minimum atomic E-state index is -0.199. The van der Waals surface area contributed by atoms with E-state index in [1.165, 1.54) is 0 Å². The van der Waals surface area contributed by atoms with Gasteiger partial charge in [-0.25, -0.2) is 0 Å². The van der Waals surface area contributed by atoms with Crippen molar-refractivity contribution >= 4 is 17.4 Å². The average molecular weight is 208 g/mol. The number of aryl methyl sites for hydroxylation is 2. The lowest BCUT2D eigenvalue weighted by atomic mass is 9.97. The molecule has 2 nitrogen and oxygen atoms in total. The molecule has 0 spiro atoms. The molecule has 0 amide bonds. The Balaban J connectivity index is 3.41. The van der Waals surface area contributed by atoms with Crippen molar-refractivity contribution in [3.8, 4) is 6.07 Å². The van der Waals surface area contributed by atoms with Gasteiger partial charge < -0.3 is 0 Å². The monoisotopic (exact) mass is 207 g/mol. The molecule has 1 rings (SSSR count). The van der Waals surface area contributed by atoms with Crippen molar-refractivity contribution in [2.75, 3.05) is 5.88 Å². The molecule has 0 saturated heterocycles. The molecule has 0 saturated carbocycles. The minimum Gasteiger partial charge on any atom is -0.293 e. The number of alkyl halides is 1. The van der Waals surface area contributed by atoms with E-state index >= 15 is 0 Å². The summed E-state index contributed by atoms with van der Waals surface area (Å²) in [6.45, 7) is 3.70. The lowest BCUT2D eigenvalue weighted by molar-refractivity contribution is 0.102. The molecule has 0 aliphatic heterocycles. The summed E-state index contributed by atoms with van der Waals surface area (Å²) >= 11 is 5.46. The second kappa shape index (κ2) is 4.26. The van der Waals surface area contributed by atoms with Gasteiger partial charge in [-0.05, 0) is 25.5 Å². The van der Waals surface area contributed by atoms with Gasteiger partial charge in [0.25, 0.3) is 0 Å². The Bertz CT molecular complexity index is 418. The van der Waals surface area contributed by atoms with Crippen LogP contribution in [0.1, 0.15) is 27.0 Å². The molecule has 0 heterocycles. The number of nitriles is 1. The molecule has 0 N–H and O–H groups in total. The van der Waals surface area contributed by atoms with Gasteiger partial charge in [-0.3, -0.25) is 4.79 Å². The van der Waals surface area contributed by atoms with Crippen molar-refractivity contribution in [3.63, 3.8) is 0 Å². The molecule has 1 aromatic rings. The summed E-state index contributed by atoms with van der Waals surface area (Å²) in [5.41, 5.74) is 2.65. The van der Waals surface area contributed by atoms with Gasteiger partial charge in [-0.2, -0.15) is 5.26 Å². The zero-order valence-electron chi connectivity index (χ0n) is 8.10. The predicted molar refractivity (Wildman–Crippen MR) is 55.7 cm³/mol. The molecule has 0 radical (unpaired) electrons. The Morgan fingerprint density at radius 1 is 1.50 bits per heavy atom. The van der Waals surface area contributed by atoms with Crippen molar-refractivity contribution < 1.29 is 4.79 Å². The van der Waals surface area contributed by atoms with E-state index in [2.05, 4.69) is 0 Å². The normalized spacial score (nSPS) is 9.57. The topological polar surface area (TPSA) is 40.9 Å². The molecular weight excluding hydrogens is 198 g/mol. The summed E-state index contributed by atoms with van der Waals surface area (Å²) in [4.78, 5) is 11.4. The third-order valence-corrected chi connectivity index (χ3v) is 2.26. The fourth-order valence-electron chi connectivity index (χ4n) is 1.41. The maximum atomic E-state index is 11.4. The highest BCUT2D eigenvalue weighted by Gasteiger charge is 2.12. The number of Topliss-reactive ketones (excluding diaryl/α,β-unsaturated/α-hetero) is 1.